The third kappa shape index (κ3) is 48.3. The Bertz CT molecular complexity index is 1070. The SMILES string of the molecule is CC/C=C\C/C=C\C/C=C\C/C=C\CCCCCCCCCCCCCCCCCCC(=O)OCC(COC(=O)CCCCCCCC)OC(=O)CCCCCCCCCC. The third-order valence-corrected chi connectivity index (χ3v) is 11.3. The minimum absolute atomic E-state index is 0.0694. The van der Waals surface area contributed by atoms with Crippen LogP contribution < -0.4 is 0 Å². The van der Waals surface area contributed by atoms with E-state index in [4.69, 9.17) is 14.2 Å². The van der Waals surface area contributed by atoms with Crippen LogP contribution in [0, 0.1) is 0 Å². The summed E-state index contributed by atoms with van der Waals surface area (Å²) in [4.78, 5) is 37.5. The lowest BCUT2D eigenvalue weighted by atomic mass is 10.0. The summed E-state index contributed by atoms with van der Waals surface area (Å²) in [7, 11) is 0. The zero-order valence-corrected chi connectivity index (χ0v) is 40.4. The normalized spacial score (nSPS) is 12.4. The van der Waals surface area contributed by atoms with Crippen LogP contribution in [0.2, 0.25) is 0 Å². The second-order valence-corrected chi connectivity index (χ2v) is 17.4. The Balaban J connectivity index is 3.91. The molecule has 0 bridgehead atoms. The van der Waals surface area contributed by atoms with E-state index >= 15 is 0 Å². The summed E-state index contributed by atoms with van der Waals surface area (Å²) < 4.78 is 16.6. The Kier molecular flexibility index (Phi) is 47.9. The molecule has 1 atom stereocenters. The molecular formula is C55H98O6. The van der Waals surface area contributed by atoms with Crippen molar-refractivity contribution < 1.29 is 28.6 Å². The summed E-state index contributed by atoms with van der Waals surface area (Å²) in [5, 5.41) is 0. The molecule has 6 nitrogen and oxygen atoms in total. The van der Waals surface area contributed by atoms with Gasteiger partial charge in [0.1, 0.15) is 13.2 Å². The molecule has 61 heavy (non-hydrogen) atoms. The van der Waals surface area contributed by atoms with E-state index in [2.05, 4.69) is 69.4 Å². The molecule has 0 rings (SSSR count). The average Bonchev–Trinajstić information content (AvgIpc) is 3.26. The Labute approximate surface area is 378 Å². The van der Waals surface area contributed by atoms with Crippen LogP contribution in [0.25, 0.3) is 0 Å². The predicted octanol–water partition coefficient (Wildman–Crippen LogP) is 17.1. The van der Waals surface area contributed by atoms with Crippen molar-refractivity contribution in [3.8, 4) is 0 Å². The monoisotopic (exact) mass is 855 g/mol. The van der Waals surface area contributed by atoms with E-state index < -0.39 is 6.10 Å². The fraction of sp³-hybridized carbons (Fsp3) is 0.800. The molecule has 0 amide bonds. The topological polar surface area (TPSA) is 78.9 Å². The van der Waals surface area contributed by atoms with Gasteiger partial charge in [-0.25, -0.2) is 0 Å². The van der Waals surface area contributed by atoms with Gasteiger partial charge in [-0.3, -0.25) is 14.4 Å². The van der Waals surface area contributed by atoms with Gasteiger partial charge in [-0.2, -0.15) is 0 Å². The van der Waals surface area contributed by atoms with Gasteiger partial charge >= 0.3 is 17.9 Å². The molecule has 0 saturated heterocycles. The van der Waals surface area contributed by atoms with Gasteiger partial charge < -0.3 is 14.2 Å². The highest BCUT2D eigenvalue weighted by Gasteiger charge is 2.19. The van der Waals surface area contributed by atoms with Gasteiger partial charge in [0.05, 0.1) is 0 Å². The number of carbonyl (C=O) groups excluding carboxylic acids is 3. The van der Waals surface area contributed by atoms with Crippen LogP contribution in [0.4, 0.5) is 0 Å². The molecule has 0 aromatic heterocycles. The first kappa shape index (κ1) is 58.4. The maximum atomic E-state index is 12.6. The predicted molar refractivity (Wildman–Crippen MR) is 261 cm³/mol. The average molecular weight is 855 g/mol. The number of unbranched alkanes of at least 4 members (excludes halogenated alkanes) is 28. The first-order valence-electron chi connectivity index (χ1n) is 26.1. The van der Waals surface area contributed by atoms with Crippen LogP contribution in [-0.4, -0.2) is 37.2 Å². The van der Waals surface area contributed by atoms with Crippen molar-refractivity contribution in [1.82, 2.24) is 0 Å². The molecule has 0 N–H and O–H groups in total. The third-order valence-electron chi connectivity index (χ3n) is 11.3. The summed E-state index contributed by atoms with van der Waals surface area (Å²) >= 11 is 0. The van der Waals surface area contributed by atoms with Crippen molar-refractivity contribution in [2.24, 2.45) is 0 Å². The fourth-order valence-corrected chi connectivity index (χ4v) is 7.43. The number of hydrogen-bond acceptors (Lipinski definition) is 6. The quantitative estimate of drug-likeness (QED) is 0.0263. The van der Waals surface area contributed by atoms with Crippen LogP contribution >= 0.6 is 0 Å². The lowest BCUT2D eigenvalue weighted by Crippen LogP contribution is -2.30. The van der Waals surface area contributed by atoms with E-state index in [-0.39, 0.29) is 31.1 Å². The van der Waals surface area contributed by atoms with Crippen LogP contribution in [-0.2, 0) is 28.6 Å². The second-order valence-electron chi connectivity index (χ2n) is 17.4. The summed E-state index contributed by atoms with van der Waals surface area (Å²) in [6, 6.07) is 0. The Morgan fingerprint density at radius 2 is 0.639 bits per heavy atom. The molecule has 0 aromatic rings. The van der Waals surface area contributed by atoms with E-state index in [0.29, 0.717) is 19.3 Å². The molecule has 0 saturated carbocycles. The number of allylic oxidation sites excluding steroid dienone is 8. The molecule has 0 radical (unpaired) electrons. The van der Waals surface area contributed by atoms with Crippen molar-refractivity contribution >= 4 is 17.9 Å². The molecule has 354 valence electrons. The molecule has 0 heterocycles. The van der Waals surface area contributed by atoms with Crippen LogP contribution in [0.5, 0.6) is 0 Å². The van der Waals surface area contributed by atoms with Crippen molar-refractivity contribution in [2.45, 2.75) is 271 Å². The van der Waals surface area contributed by atoms with Gasteiger partial charge in [-0.1, -0.05) is 236 Å². The summed E-state index contributed by atoms with van der Waals surface area (Å²) in [6.45, 7) is 6.44. The molecule has 1 unspecified atom stereocenters. The van der Waals surface area contributed by atoms with Crippen LogP contribution in [0.3, 0.4) is 0 Å². The van der Waals surface area contributed by atoms with Crippen LogP contribution in [0.15, 0.2) is 48.6 Å². The van der Waals surface area contributed by atoms with E-state index in [0.717, 1.165) is 83.5 Å². The van der Waals surface area contributed by atoms with Crippen molar-refractivity contribution in [3.05, 3.63) is 48.6 Å². The van der Waals surface area contributed by atoms with Gasteiger partial charge in [0.25, 0.3) is 0 Å². The molecular weight excluding hydrogens is 757 g/mol. The summed E-state index contributed by atoms with van der Waals surface area (Å²) in [5.74, 6) is -0.877. The number of carbonyl (C=O) groups is 3. The molecule has 0 aliphatic carbocycles. The van der Waals surface area contributed by atoms with E-state index in [9.17, 15) is 14.4 Å². The maximum Gasteiger partial charge on any atom is 0.306 e. The minimum Gasteiger partial charge on any atom is -0.462 e. The Morgan fingerprint density at radius 1 is 0.344 bits per heavy atom. The van der Waals surface area contributed by atoms with Crippen molar-refractivity contribution in [1.29, 1.82) is 0 Å². The van der Waals surface area contributed by atoms with Crippen molar-refractivity contribution in [2.75, 3.05) is 13.2 Å². The number of hydrogen-bond donors (Lipinski definition) is 0. The van der Waals surface area contributed by atoms with E-state index in [1.54, 1.807) is 0 Å². The Morgan fingerprint density at radius 3 is 1.00 bits per heavy atom. The van der Waals surface area contributed by atoms with Gasteiger partial charge in [0, 0.05) is 19.3 Å². The lowest BCUT2D eigenvalue weighted by molar-refractivity contribution is -0.167. The zero-order chi connectivity index (χ0) is 44.4. The number of ether oxygens (including phenoxy) is 3. The summed E-state index contributed by atoms with van der Waals surface area (Å²) in [6.07, 6.45) is 60.1. The molecule has 0 aliphatic heterocycles. The largest absolute Gasteiger partial charge is 0.462 e. The molecule has 0 spiro atoms. The smallest absolute Gasteiger partial charge is 0.306 e. The zero-order valence-electron chi connectivity index (χ0n) is 40.4. The first-order chi connectivity index (χ1) is 30.0. The van der Waals surface area contributed by atoms with Gasteiger partial charge in [-0.15, -0.1) is 0 Å². The highest BCUT2D eigenvalue weighted by molar-refractivity contribution is 5.71. The van der Waals surface area contributed by atoms with E-state index in [1.807, 2.05) is 0 Å². The number of esters is 3. The standard InChI is InChI=1S/C55H98O6/c1-4-7-10-13-16-18-19-20-21-22-23-24-25-26-27-28-29-30-31-32-33-34-35-36-37-38-40-42-45-48-54(57)60-51-52(50-59-53(56)47-44-41-15-12-9-6-3)61-55(58)49-46-43-39-17-14-11-8-5-2/h7,10,16,18,20-21,23-24,52H,4-6,8-9,11-15,17,19,22,25-51H2,1-3H3/b10-7-,18-16-,21-20-,24-23-. The second kappa shape index (κ2) is 50.0. The van der Waals surface area contributed by atoms with Gasteiger partial charge in [-0.05, 0) is 57.8 Å². The highest BCUT2D eigenvalue weighted by atomic mass is 16.6. The molecule has 0 aromatic carbocycles. The van der Waals surface area contributed by atoms with Crippen molar-refractivity contribution in [3.63, 3.8) is 0 Å². The fourth-order valence-electron chi connectivity index (χ4n) is 7.43. The molecule has 0 aliphatic rings. The molecule has 0 fully saturated rings. The Hall–Kier alpha value is -2.63. The molecule has 6 heteroatoms. The van der Waals surface area contributed by atoms with Crippen LogP contribution in [0.1, 0.15) is 265 Å². The summed E-state index contributed by atoms with van der Waals surface area (Å²) in [5.41, 5.74) is 0. The van der Waals surface area contributed by atoms with Gasteiger partial charge in [0.15, 0.2) is 6.10 Å². The maximum absolute atomic E-state index is 12.6. The van der Waals surface area contributed by atoms with Gasteiger partial charge in [0.2, 0.25) is 0 Å². The lowest BCUT2D eigenvalue weighted by Gasteiger charge is -2.18. The number of rotatable bonds is 47. The highest BCUT2D eigenvalue weighted by Crippen LogP contribution is 2.16. The van der Waals surface area contributed by atoms with E-state index in [1.165, 1.54) is 141 Å². The first-order valence-corrected chi connectivity index (χ1v) is 26.1. The minimum atomic E-state index is -0.762.